The quantitative estimate of drug-likeness (QED) is 0.434. The molecule has 1 unspecified atom stereocenters. The van der Waals surface area contributed by atoms with Gasteiger partial charge in [0.1, 0.15) is 17.6 Å². The van der Waals surface area contributed by atoms with E-state index >= 15 is 4.39 Å². The van der Waals surface area contributed by atoms with E-state index in [0.717, 1.165) is 5.57 Å². The monoisotopic (exact) mass is 446 g/mol. The van der Waals surface area contributed by atoms with Crippen molar-refractivity contribution in [2.75, 3.05) is 7.11 Å². The minimum absolute atomic E-state index is 0.279. The highest BCUT2D eigenvalue weighted by Crippen LogP contribution is 2.36. The molecule has 0 bridgehead atoms. The Morgan fingerprint density at radius 1 is 1.26 bits per heavy atom. The zero-order valence-corrected chi connectivity index (χ0v) is 18.2. The van der Waals surface area contributed by atoms with E-state index in [0.29, 0.717) is 46.7 Å². The number of hydrogen-bond donors (Lipinski definition) is 3. The van der Waals surface area contributed by atoms with Gasteiger partial charge < -0.3 is 21.3 Å². The van der Waals surface area contributed by atoms with Crippen LogP contribution < -0.4 is 16.2 Å². The minimum atomic E-state index is -1.04. The van der Waals surface area contributed by atoms with Crippen LogP contribution in [0, 0.1) is 5.82 Å². The summed E-state index contributed by atoms with van der Waals surface area (Å²) in [4.78, 5) is 10.9. The molecule has 2 atom stereocenters. The van der Waals surface area contributed by atoms with Crippen molar-refractivity contribution in [1.82, 2.24) is 0 Å². The third kappa shape index (κ3) is 6.66. The first-order chi connectivity index (χ1) is 14.8. The molecule has 5 nitrogen and oxygen atoms in total. The summed E-state index contributed by atoms with van der Waals surface area (Å²) in [5.74, 6) is -1.04. The van der Waals surface area contributed by atoms with Gasteiger partial charge in [0.15, 0.2) is 0 Å². The Morgan fingerprint density at radius 2 is 1.97 bits per heavy atom. The maximum absolute atomic E-state index is 15.5. The van der Waals surface area contributed by atoms with Crippen molar-refractivity contribution in [2.24, 2.45) is 11.5 Å². The van der Waals surface area contributed by atoms with Crippen LogP contribution in [-0.4, -0.2) is 30.3 Å². The second-order valence-corrected chi connectivity index (χ2v) is 7.70. The Balaban J connectivity index is 2.28. The number of carboxylic acid groups (broad SMARTS) is 1. The van der Waals surface area contributed by atoms with Crippen LogP contribution in [0.2, 0.25) is 5.02 Å². The van der Waals surface area contributed by atoms with Crippen molar-refractivity contribution in [3.05, 3.63) is 77.1 Å². The molecular formula is C24H28ClFN2O3. The molecule has 0 aliphatic heterocycles. The number of halogens is 2. The molecule has 0 fully saturated rings. The van der Waals surface area contributed by atoms with Gasteiger partial charge in [0.25, 0.3) is 0 Å². The second-order valence-electron chi connectivity index (χ2n) is 7.26. The van der Waals surface area contributed by atoms with Crippen molar-refractivity contribution in [3.63, 3.8) is 0 Å². The summed E-state index contributed by atoms with van der Waals surface area (Å²) in [6.07, 6.45) is 5.05. The molecule has 2 rings (SSSR count). The number of ether oxygens (including phenoxy) is 1. The van der Waals surface area contributed by atoms with Crippen molar-refractivity contribution in [2.45, 2.75) is 37.8 Å². The van der Waals surface area contributed by atoms with Gasteiger partial charge in [-0.1, -0.05) is 48.5 Å². The zero-order chi connectivity index (χ0) is 23.0. The van der Waals surface area contributed by atoms with Crippen LogP contribution in [-0.2, 0) is 11.2 Å². The third-order valence-corrected chi connectivity index (χ3v) is 5.30. The molecule has 0 heterocycles. The molecule has 0 saturated carbocycles. The first kappa shape index (κ1) is 24.6. The lowest BCUT2D eigenvalue weighted by Gasteiger charge is -2.19. The Bertz CT molecular complexity index is 962. The van der Waals surface area contributed by atoms with Crippen LogP contribution in [0.3, 0.4) is 0 Å². The summed E-state index contributed by atoms with van der Waals surface area (Å²) in [6.45, 7) is 3.72. The highest BCUT2D eigenvalue weighted by Gasteiger charge is 2.19. The van der Waals surface area contributed by atoms with E-state index < -0.39 is 17.8 Å². The van der Waals surface area contributed by atoms with Crippen LogP contribution in [0.1, 0.15) is 24.8 Å². The van der Waals surface area contributed by atoms with Gasteiger partial charge in [0.05, 0.1) is 12.7 Å². The standard InChI is InChI=1S/C24H28ClFN2O3/c1-3-6-15(19(27)9-5-10-20(28)24(29)30)13-17-11-12-21(31-2)22(23(17)26)16-7-4-8-18(25)14-16/h3-4,6-8,11-12,14,19-20H,1,5,9-10,13,27-28H2,2H3,(H,29,30)/b15-6-/t19?,20-/m0/s1. The SMILES string of the molecule is C=C/C=C(/Cc1ccc(OC)c(-c2cccc(Cl)c2)c1F)C(N)CCC[C@H](N)C(=O)O. The summed E-state index contributed by atoms with van der Waals surface area (Å²) in [5.41, 5.74) is 14.1. The number of methoxy groups -OCH3 is 1. The van der Waals surface area contributed by atoms with Crippen LogP contribution in [0.5, 0.6) is 5.75 Å². The van der Waals surface area contributed by atoms with Gasteiger partial charge >= 0.3 is 5.97 Å². The molecule has 0 saturated heterocycles. The first-order valence-electron chi connectivity index (χ1n) is 9.95. The average Bonchev–Trinajstić information content (AvgIpc) is 2.74. The predicted molar refractivity (Wildman–Crippen MR) is 123 cm³/mol. The summed E-state index contributed by atoms with van der Waals surface area (Å²) in [7, 11) is 1.49. The number of nitrogens with two attached hydrogens (primary N) is 2. The second kappa shape index (κ2) is 11.6. The molecule has 0 aliphatic rings. The number of carbonyl (C=O) groups is 1. The van der Waals surface area contributed by atoms with E-state index in [1.54, 1.807) is 48.6 Å². The Hall–Kier alpha value is -2.67. The van der Waals surface area contributed by atoms with Crippen molar-refractivity contribution in [1.29, 1.82) is 0 Å². The fraction of sp³-hybridized carbons (Fsp3) is 0.292. The van der Waals surface area contributed by atoms with E-state index in [4.69, 9.17) is 32.9 Å². The molecule has 0 radical (unpaired) electrons. The minimum Gasteiger partial charge on any atom is -0.496 e. The van der Waals surface area contributed by atoms with E-state index in [-0.39, 0.29) is 12.5 Å². The van der Waals surface area contributed by atoms with Crippen molar-refractivity contribution in [3.8, 4) is 16.9 Å². The van der Waals surface area contributed by atoms with E-state index in [1.165, 1.54) is 7.11 Å². The summed E-state index contributed by atoms with van der Waals surface area (Å²) < 4.78 is 20.9. The Kier molecular flexibility index (Phi) is 9.24. The Labute approximate surface area is 187 Å². The fourth-order valence-electron chi connectivity index (χ4n) is 3.37. The summed E-state index contributed by atoms with van der Waals surface area (Å²) in [5, 5.41) is 9.40. The molecule has 0 amide bonds. The van der Waals surface area contributed by atoms with E-state index in [9.17, 15) is 4.79 Å². The number of benzene rings is 2. The maximum Gasteiger partial charge on any atom is 0.320 e. The number of carboxylic acids is 1. The smallest absolute Gasteiger partial charge is 0.320 e. The molecule has 0 aliphatic carbocycles. The highest BCUT2D eigenvalue weighted by molar-refractivity contribution is 6.30. The lowest BCUT2D eigenvalue weighted by Crippen LogP contribution is -2.31. The normalized spacial score (nSPS) is 13.5. The van der Waals surface area contributed by atoms with Crippen molar-refractivity contribution < 1.29 is 19.0 Å². The number of rotatable bonds is 11. The molecule has 166 valence electrons. The van der Waals surface area contributed by atoms with Gasteiger partial charge in [0.2, 0.25) is 0 Å². The highest BCUT2D eigenvalue weighted by atomic mass is 35.5. The van der Waals surface area contributed by atoms with E-state index in [2.05, 4.69) is 6.58 Å². The van der Waals surface area contributed by atoms with Gasteiger partial charge in [-0.3, -0.25) is 4.79 Å². The van der Waals surface area contributed by atoms with Crippen molar-refractivity contribution >= 4 is 17.6 Å². The lowest BCUT2D eigenvalue weighted by molar-refractivity contribution is -0.138. The number of hydrogen-bond acceptors (Lipinski definition) is 4. The fourth-order valence-corrected chi connectivity index (χ4v) is 3.56. The summed E-state index contributed by atoms with van der Waals surface area (Å²) in [6, 6.07) is 9.03. The molecule has 2 aromatic carbocycles. The molecule has 0 spiro atoms. The van der Waals surface area contributed by atoms with Crippen LogP contribution in [0.15, 0.2) is 60.7 Å². The maximum atomic E-state index is 15.5. The Morgan fingerprint density at radius 3 is 2.58 bits per heavy atom. The topological polar surface area (TPSA) is 98.6 Å². The number of allylic oxidation sites excluding steroid dienone is 2. The zero-order valence-electron chi connectivity index (χ0n) is 17.5. The molecular weight excluding hydrogens is 419 g/mol. The number of aliphatic carboxylic acids is 1. The average molecular weight is 447 g/mol. The summed E-state index contributed by atoms with van der Waals surface area (Å²) >= 11 is 6.09. The molecule has 31 heavy (non-hydrogen) atoms. The van der Waals surface area contributed by atoms with Crippen LogP contribution in [0.25, 0.3) is 11.1 Å². The molecule has 7 heteroatoms. The van der Waals surface area contributed by atoms with Gasteiger partial charge in [0, 0.05) is 11.1 Å². The predicted octanol–water partition coefficient (Wildman–Crippen LogP) is 4.72. The van der Waals surface area contributed by atoms with Gasteiger partial charge in [-0.2, -0.15) is 0 Å². The van der Waals surface area contributed by atoms with Crippen LogP contribution >= 0.6 is 11.6 Å². The molecule has 0 aromatic heterocycles. The third-order valence-electron chi connectivity index (χ3n) is 5.07. The van der Waals surface area contributed by atoms with Crippen LogP contribution in [0.4, 0.5) is 4.39 Å². The van der Waals surface area contributed by atoms with Gasteiger partial charge in [-0.25, -0.2) is 4.39 Å². The molecule has 2 aromatic rings. The largest absolute Gasteiger partial charge is 0.496 e. The van der Waals surface area contributed by atoms with Gasteiger partial charge in [-0.15, -0.1) is 0 Å². The molecule has 5 N–H and O–H groups in total. The van der Waals surface area contributed by atoms with E-state index in [1.807, 2.05) is 0 Å². The first-order valence-corrected chi connectivity index (χ1v) is 10.3. The van der Waals surface area contributed by atoms with Gasteiger partial charge in [-0.05, 0) is 60.6 Å². The lowest BCUT2D eigenvalue weighted by atomic mass is 9.92.